The fraction of sp³-hybridized carbons (Fsp3) is 0.429. The van der Waals surface area contributed by atoms with Crippen LogP contribution in [0, 0.1) is 18.3 Å². The van der Waals surface area contributed by atoms with Gasteiger partial charge in [0.15, 0.2) is 0 Å². The highest BCUT2D eigenvalue weighted by molar-refractivity contribution is 6.11. The lowest BCUT2D eigenvalue weighted by Crippen LogP contribution is -2.68. The largest absolute Gasteiger partial charge is 0.403 e. The van der Waals surface area contributed by atoms with E-state index in [-0.39, 0.29) is 29.2 Å². The molecule has 4 aliphatic heterocycles. The molecule has 166 valence electrons. The topological polar surface area (TPSA) is 143 Å². The zero-order valence-corrected chi connectivity index (χ0v) is 16.9. The zero-order chi connectivity index (χ0) is 22.6. The minimum absolute atomic E-state index is 0.171. The van der Waals surface area contributed by atoms with Crippen molar-refractivity contribution in [2.45, 2.75) is 30.6 Å². The van der Waals surface area contributed by atoms with Gasteiger partial charge in [-0.05, 0) is 44.0 Å². The molecule has 3 fully saturated rings. The highest BCUT2D eigenvalue weighted by Gasteiger charge is 2.58. The van der Waals surface area contributed by atoms with Crippen LogP contribution in [-0.2, 0) is 14.4 Å². The van der Waals surface area contributed by atoms with Gasteiger partial charge in [-0.3, -0.25) is 9.20 Å². The fourth-order valence-corrected chi connectivity index (χ4v) is 4.53. The number of carbonyl (C=O) groups is 3. The minimum Gasteiger partial charge on any atom is -0.403 e. The number of fused-ring (bicyclic) bond motifs is 7. The Morgan fingerprint density at radius 1 is 1.28 bits per heavy atom. The smallest absolute Gasteiger partial charge is 0.358 e. The maximum atomic E-state index is 13.0. The number of carbonyl (C=O) groups excluding carboxylic acids is 3. The van der Waals surface area contributed by atoms with Crippen LogP contribution in [0.2, 0.25) is 0 Å². The summed E-state index contributed by atoms with van der Waals surface area (Å²) in [5.41, 5.74) is -2.62. The molecule has 2 aromatic heterocycles. The lowest BCUT2D eigenvalue weighted by molar-refractivity contribution is -0.185. The second kappa shape index (κ2) is 7.30. The normalized spacial score (nSPS) is 31.7. The SMILES string of the molecule is C#Cc1ccc2c3nc(cn12)OC(=O)C(O)(C(=O)N[C@H]1CN2CCC1CC2)C(O)C(=O)O3. The predicted molar refractivity (Wildman–Crippen MR) is 106 cm³/mol. The highest BCUT2D eigenvalue weighted by Crippen LogP contribution is 2.30. The molecule has 0 aliphatic carbocycles. The van der Waals surface area contributed by atoms with Crippen LogP contribution in [0.1, 0.15) is 18.5 Å². The van der Waals surface area contributed by atoms with Crippen LogP contribution in [0.25, 0.3) is 5.52 Å². The number of nitrogens with one attached hydrogen (secondary N) is 1. The molecular weight excluding hydrogens is 420 g/mol. The molecule has 6 heterocycles. The van der Waals surface area contributed by atoms with Crippen molar-refractivity contribution in [1.82, 2.24) is 19.6 Å². The Hall–Kier alpha value is -3.46. The van der Waals surface area contributed by atoms with E-state index in [9.17, 15) is 24.6 Å². The maximum Gasteiger partial charge on any atom is 0.358 e. The number of aliphatic hydroxyl groups excluding tert-OH is 1. The second-order valence-corrected chi connectivity index (χ2v) is 8.20. The average Bonchev–Trinajstić information content (AvgIpc) is 3.22. The standard InChI is InChI=1S/C21H20N4O7/c1-2-12-3-4-14-17-23-15(10-25(12)14)31-20(29)21(30,16(26)18(27)32-17)19(28)22-13-9-24-7-5-11(13)6-8-24/h1,3-4,10-11,13,16,26,30H,5-9H2,(H,22,28)/t13-,16?,21?/m0/s1. The summed E-state index contributed by atoms with van der Waals surface area (Å²) in [6, 6.07) is 2.74. The van der Waals surface area contributed by atoms with E-state index in [4.69, 9.17) is 15.9 Å². The predicted octanol–water partition coefficient (Wildman–Crippen LogP) is -1.56. The van der Waals surface area contributed by atoms with Crippen molar-refractivity contribution >= 4 is 23.4 Å². The van der Waals surface area contributed by atoms with Crippen molar-refractivity contribution < 1.29 is 34.1 Å². The Morgan fingerprint density at radius 3 is 2.69 bits per heavy atom. The van der Waals surface area contributed by atoms with Crippen LogP contribution in [0.5, 0.6) is 11.8 Å². The van der Waals surface area contributed by atoms with Crippen LogP contribution in [0.15, 0.2) is 18.3 Å². The van der Waals surface area contributed by atoms with Crippen molar-refractivity contribution in [2.24, 2.45) is 5.92 Å². The number of piperidine rings is 3. The third kappa shape index (κ3) is 3.03. The first-order valence-corrected chi connectivity index (χ1v) is 10.2. The zero-order valence-electron chi connectivity index (χ0n) is 16.9. The van der Waals surface area contributed by atoms with E-state index in [0.29, 0.717) is 12.2 Å². The Labute approximate surface area is 181 Å². The van der Waals surface area contributed by atoms with Gasteiger partial charge in [-0.25, -0.2) is 9.59 Å². The molecule has 3 N–H and O–H groups in total. The van der Waals surface area contributed by atoms with Crippen molar-refractivity contribution in [3.8, 4) is 24.1 Å². The molecule has 0 saturated carbocycles. The first-order chi connectivity index (χ1) is 15.3. The first-order valence-electron chi connectivity index (χ1n) is 10.2. The van der Waals surface area contributed by atoms with Gasteiger partial charge in [-0.2, -0.15) is 4.98 Å². The van der Waals surface area contributed by atoms with Gasteiger partial charge >= 0.3 is 11.9 Å². The lowest BCUT2D eigenvalue weighted by Gasteiger charge is -2.45. The number of amides is 1. The van der Waals surface area contributed by atoms with Gasteiger partial charge in [-0.15, -0.1) is 6.42 Å². The van der Waals surface area contributed by atoms with Gasteiger partial charge in [0.05, 0.1) is 11.9 Å². The van der Waals surface area contributed by atoms with Gasteiger partial charge in [-0.1, -0.05) is 5.92 Å². The summed E-state index contributed by atoms with van der Waals surface area (Å²) in [6.07, 6.45) is 5.88. The highest BCUT2D eigenvalue weighted by atomic mass is 16.6. The quantitative estimate of drug-likeness (QED) is 0.287. The maximum absolute atomic E-state index is 13.0. The molecule has 6 rings (SSSR count). The molecule has 3 atom stereocenters. The van der Waals surface area contributed by atoms with Crippen molar-refractivity contribution in [1.29, 1.82) is 0 Å². The number of terminal acetylenes is 1. The molecule has 0 aromatic carbocycles. The van der Waals surface area contributed by atoms with E-state index in [1.165, 1.54) is 16.7 Å². The van der Waals surface area contributed by atoms with Gasteiger partial charge in [0.2, 0.25) is 17.9 Å². The number of aliphatic hydroxyl groups is 2. The molecule has 32 heavy (non-hydrogen) atoms. The Balaban J connectivity index is 1.49. The summed E-state index contributed by atoms with van der Waals surface area (Å²) in [7, 11) is 0. The van der Waals surface area contributed by atoms with Crippen molar-refractivity contribution in [3.63, 3.8) is 0 Å². The first kappa shape index (κ1) is 20.4. The van der Waals surface area contributed by atoms with Gasteiger partial charge in [0.1, 0.15) is 5.52 Å². The third-order valence-corrected chi connectivity index (χ3v) is 6.38. The molecule has 2 aromatic rings. The molecule has 11 heteroatoms. The summed E-state index contributed by atoms with van der Waals surface area (Å²) in [6.45, 7) is 2.37. The average molecular weight is 440 g/mol. The van der Waals surface area contributed by atoms with E-state index in [0.717, 1.165) is 25.9 Å². The van der Waals surface area contributed by atoms with Crippen LogP contribution < -0.4 is 14.8 Å². The van der Waals surface area contributed by atoms with E-state index in [2.05, 4.69) is 21.1 Å². The number of ether oxygens (including phenoxy) is 2. The van der Waals surface area contributed by atoms with Crippen LogP contribution in [-0.4, -0.2) is 79.7 Å². The molecule has 0 radical (unpaired) electrons. The van der Waals surface area contributed by atoms with E-state index >= 15 is 0 Å². The summed E-state index contributed by atoms with van der Waals surface area (Å²) >= 11 is 0. The van der Waals surface area contributed by atoms with E-state index in [1.54, 1.807) is 6.07 Å². The number of hydrogen-bond donors (Lipinski definition) is 3. The number of esters is 2. The summed E-state index contributed by atoms with van der Waals surface area (Å²) in [5.74, 6) is -2.33. The third-order valence-electron chi connectivity index (χ3n) is 6.38. The molecule has 4 bridgehead atoms. The minimum atomic E-state index is -3.24. The molecule has 0 spiro atoms. The van der Waals surface area contributed by atoms with Gasteiger partial charge < -0.3 is 29.9 Å². The van der Waals surface area contributed by atoms with Crippen molar-refractivity contribution in [2.75, 3.05) is 19.6 Å². The Bertz CT molecular complexity index is 1180. The molecule has 1 amide bonds. The summed E-state index contributed by atoms with van der Waals surface area (Å²) in [4.78, 5) is 44.6. The summed E-state index contributed by atoms with van der Waals surface area (Å²) in [5, 5.41) is 24.1. The summed E-state index contributed by atoms with van der Waals surface area (Å²) < 4.78 is 11.6. The molecule has 3 saturated heterocycles. The monoisotopic (exact) mass is 440 g/mol. The molecule has 11 nitrogen and oxygen atoms in total. The van der Waals surface area contributed by atoms with Crippen molar-refractivity contribution in [3.05, 3.63) is 24.0 Å². The molecule has 2 unspecified atom stereocenters. The number of hydrogen-bond acceptors (Lipinski definition) is 9. The number of aromatic nitrogens is 2. The second-order valence-electron chi connectivity index (χ2n) is 8.20. The molecular formula is C21H20N4O7. The van der Waals surface area contributed by atoms with E-state index in [1.807, 2.05) is 0 Å². The van der Waals surface area contributed by atoms with Crippen LogP contribution in [0.4, 0.5) is 0 Å². The molecule has 4 aliphatic rings. The Morgan fingerprint density at radius 2 is 2.03 bits per heavy atom. The van der Waals surface area contributed by atoms with E-state index < -0.39 is 29.6 Å². The van der Waals surface area contributed by atoms with Crippen LogP contribution in [0.3, 0.4) is 0 Å². The Kier molecular flexibility index (Phi) is 4.67. The fourth-order valence-electron chi connectivity index (χ4n) is 4.53. The van der Waals surface area contributed by atoms with Gasteiger partial charge in [0.25, 0.3) is 11.5 Å². The van der Waals surface area contributed by atoms with Crippen LogP contribution >= 0.6 is 0 Å². The number of nitrogens with zero attached hydrogens (tertiary/aromatic N) is 3. The van der Waals surface area contributed by atoms with Gasteiger partial charge in [0, 0.05) is 12.6 Å². The lowest BCUT2D eigenvalue weighted by atomic mass is 9.83. The number of rotatable bonds is 2.